The van der Waals surface area contributed by atoms with Gasteiger partial charge < -0.3 is 0 Å². The average Bonchev–Trinajstić information content (AvgIpc) is 2.50. The highest BCUT2D eigenvalue weighted by Crippen LogP contribution is 2.40. The Morgan fingerprint density at radius 3 is 2.52 bits per heavy atom. The monoisotopic (exact) mass is 318 g/mol. The van der Waals surface area contributed by atoms with Gasteiger partial charge >= 0.3 is 0 Å². The van der Waals surface area contributed by atoms with Crippen molar-refractivity contribution in [3.63, 3.8) is 0 Å². The molecule has 23 heavy (non-hydrogen) atoms. The van der Waals surface area contributed by atoms with Crippen molar-refractivity contribution in [2.75, 3.05) is 0 Å². The third-order valence-corrected chi connectivity index (χ3v) is 4.77. The predicted octanol–water partition coefficient (Wildman–Crippen LogP) is 4.32. The minimum absolute atomic E-state index is 0.104. The van der Waals surface area contributed by atoms with Crippen molar-refractivity contribution in [2.45, 2.75) is 45.4 Å². The quantitative estimate of drug-likeness (QED) is 0.896. The fourth-order valence-electron chi connectivity index (χ4n) is 3.73. The Balaban J connectivity index is 2.25. The third kappa shape index (κ3) is 2.92. The van der Waals surface area contributed by atoms with Crippen LogP contribution in [0.4, 0.5) is 8.78 Å². The molecule has 1 N–H and O–H groups in total. The molecule has 1 saturated carbocycles. The summed E-state index contributed by atoms with van der Waals surface area (Å²) in [7, 11) is 0. The van der Waals surface area contributed by atoms with Gasteiger partial charge in [0.25, 0.3) is 5.56 Å². The van der Waals surface area contributed by atoms with E-state index in [9.17, 15) is 13.6 Å². The van der Waals surface area contributed by atoms with Crippen LogP contribution in [0, 0.1) is 24.5 Å². The highest BCUT2D eigenvalue weighted by atomic mass is 19.1. The molecular weight excluding hydrogens is 298 g/mol. The molecule has 2 aromatic rings. The van der Waals surface area contributed by atoms with Crippen molar-refractivity contribution in [3.05, 3.63) is 51.4 Å². The van der Waals surface area contributed by atoms with E-state index in [4.69, 9.17) is 0 Å². The Hall–Kier alpha value is -2.04. The van der Waals surface area contributed by atoms with Crippen molar-refractivity contribution in [1.82, 2.24) is 10.2 Å². The first kappa shape index (κ1) is 15.8. The second kappa shape index (κ2) is 6.22. The van der Waals surface area contributed by atoms with Gasteiger partial charge in [-0.2, -0.15) is 5.10 Å². The van der Waals surface area contributed by atoms with Gasteiger partial charge in [0, 0.05) is 0 Å². The molecule has 0 aliphatic heterocycles. The molecule has 3 nitrogen and oxygen atoms in total. The number of aryl methyl sites for hydroxylation is 1. The first-order valence-electron chi connectivity index (χ1n) is 8.02. The van der Waals surface area contributed by atoms with Crippen LogP contribution in [0.1, 0.15) is 49.8 Å². The first-order valence-corrected chi connectivity index (χ1v) is 8.02. The van der Waals surface area contributed by atoms with Gasteiger partial charge in [-0.3, -0.25) is 4.79 Å². The first-order chi connectivity index (χ1) is 11.0. The molecule has 2 atom stereocenters. The van der Waals surface area contributed by atoms with E-state index in [0.29, 0.717) is 17.2 Å². The van der Waals surface area contributed by atoms with E-state index in [-0.39, 0.29) is 17.0 Å². The highest BCUT2D eigenvalue weighted by molar-refractivity contribution is 5.69. The zero-order valence-electron chi connectivity index (χ0n) is 13.3. The Morgan fingerprint density at radius 1 is 1.17 bits per heavy atom. The lowest BCUT2D eigenvalue weighted by atomic mass is 9.76. The van der Waals surface area contributed by atoms with Crippen LogP contribution in [0.3, 0.4) is 0 Å². The fourth-order valence-corrected chi connectivity index (χ4v) is 3.73. The van der Waals surface area contributed by atoms with Crippen LogP contribution in [-0.4, -0.2) is 10.2 Å². The standard InChI is InChI=1S/C18H20F2N2O/c1-10-5-3-6-12(9-10)15-11(2)21-22-18(23)17(15)16-13(19)7-4-8-14(16)20/h4,7-8,10,12H,3,5-6,9H2,1-2H3,(H,22,23). The summed E-state index contributed by atoms with van der Waals surface area (Å²) < 4.78 is 28.5. The fraction of sp³-hybridized carbons (Fsp3) is 0.444. The van der Waals surface area contributed by atoms with Gasteiger partial charge in [0.05, 0.1) is 16.8 Å². The summed E-state index contributed by atoms with van der Waals surface area (Å²) in [6, 6.07) is 3.67. The number of nitrogens with one attached hydrogen (secondary N) is 1. The molecule has 5 heteroatoms. The van der Waals surface area contributed by atoms with Crippen molar-refractivity contribution in [3.8, 4) is 11.1 Å². The molecule has 1 aliphatic rings. The SMILES string of the molecule is Cc1n[nH]c(=O)c(-c2c(F)cccc2F)c1C1CCCC(C)C1. The summed E-state index contributed by atoms with van der Waals surface area (Å²) in [6.45, 7) is 3.96. The summed E-state index contributed by atoms with van der Waals surface area (Å²) >= 11 is 0. The summed E-state index contributed by atoms with van der Waals surface area (Å²) in [5.74, 6) is -0.786. The number of benzene rings is 1. The summed E-state index contributed by atoms with van der Waals surface area (Å²) in [6.07, 6.45) is 4.03. The summed E-state index contributed by atoms with van der Waals surface area (Å²) in [4.78, 5) is 12.4. The van der Waals surface area contributed by atoms with Gasteiger partial charge in [-0.25, -0.2) is 13.9 Å². The highest BCUT2D eigenvalue weighted by Gasteiger charge is 2.28. The Kier molecular flexibility index (Phi) is 4.28. The van der Waals surface area contributed by atoms with Crippen LogP contribution in [-0.2, 0) is 0 Å². The van der Waals surface area contributed by atoms with E-state index >= 15 is 0 Å². The number of nitrogens with zero attached hydrogens (tertiary/aromatic N) is 1. The minimum atomic E-state index is -0.716. The van der Waals surface area contributed by atoms with Gasteiger partial charge in [0.15, 0.2) is 0 Å². The molecule has 0 bridgehead atoms. The van der Waals surface area contributed by atoms with E-state index in [1.54, 1.807) is 6.92 Å². The van der Waals surface area contributed by atoms with E-state index < -0.39 is 17.2 Å². The van der Waals surface area contributed by atoms with Gasteiger partial charge in [0.2, 0.25) is 0 Å². The Bertz CT molecular complexity index is 765. The predicted molar refractivity (Wildman–Crippen MR) is 85.3 cm³/mol. The lowest BCUT2D eigenvalue weighted by Crippen LogP contribution is -2.22. The molecule has 1 aliphatic carbocycles. The van der Waals surface area contributed by atoms with E-state index in [1.165, 1.54) is 18.2 Å². The number of hydrogen-bond acceptors (Lipinski definition) is 2. The van der Waals surface area contributed by atoms with Gasteiger partial charge in [-0.15, -0.1) is 0 Å². The van der Waals surface area contributed by atoms with Gasteiger partial charge in [-0.05, 0) is 49.3 Å². The zero-order chi connectivity index (χ0) is 16.6. The average molecular weight is 318 g/mol. The van der Waals surface area contributed by atoms with Crippen molar-refractivity contribution in [2.24, 2.45) is 5.92 Å². The maximum Gasteiger partial charge on any atom is 0.272 e. The molecule has 1 fully saturated rings. The van der Waals surface area contributed by atoms with Crippen LogP contribution in [0.2, 0.25) is 0 Å². The molecule has 1 aromatic carbocycles. The minimum Gasteiger partial charge on any atom is -0.267 e. The summed E-state index contributed by atoms with van der Waals surface area (Å²) in [5.41, 5.74) is 0.665. The van der Waals surface area contributed by atoms with Gasteiger partial charge in [0.1, 0.15) is 11.6 Å². The molecule has 2 unspecified atom stereocenters. The number of rotatable bonds is 2. The number of aromatic nitrogens is 2. The van der Waals surface area contributed by atoms with Crippen LogP contribution >= 0.6 is 0 Å². The number of hydrogen-bond donors (Lipinski definition) is 1. The van der Waals surface area contributed by atoms with Crippen molar-refractivity contribution >= 4 is 0 Å². The van der Waals surface area contributed by atoms with Crippen LogP contribution < -0.4 is 5.56 Å². The second-order valence-corrected chi connectivity index (χ2v) is 6.49. The van der Waals surface area contributed by atoms with Crippen LogP contribution in [0.25, 0.3) is 11.1 Å². The number of H-pyrrole nitrogens is 1. The van der Waals surface area contributed by atoms with Crippen LogP contribution in [0.15, 0.2) is 23.0 Å². The lowest BCUT2D eigenvalue weighted by Gasteiger charge is -2.29. The molecule has 0 spiro atoms. The normalized spacial score (nSPS) is 21.4. The van der Waals surface area contributed by atoms with Crippen molar-refractivity contribution in [1.29, 1.82) is 0 Å². The molecular formula is C18H20F2N2O. The van der Waals surface area contributed by atoms with E-state index in [0.717, 1.165) is 25.7 Å². The molecule has 0 saturated heterocycles. The Labute approximate surface area is 133 Å². The third-order valence-electron chi connectivity index (χ3n) is 4.77. The van der Waals surface area contributed by atoms with E-state index in [1.807, 2.05) is 0 Å². The Morgan fingerprint density at radius 2 is 1.87 bits per heavy atom. The molecule has 122 valence electrons. The number of aromatic amines is 1. The second-order valence-electron chi connectivity index (χ2n) is 6.49. The lowest BCUT2D eigenvalue weighted by molar-refractivity contribution is 0.343. The maximum absolute atomic E-state index is 14.3. The summed E-state index contributed by atoms with van der Waals surface area (Å²) in [5, 5.41) is 6.41. The molecule has 0 radical (unpaired) electrons. The number of halogens is 2. The molecule has 1 heterocycles. The van der Waals surface area contributed by atoms with Crippen LogP contribution in [0.5, 0.6) is 0 Å². The molecule has 0 amide bonds. The van der Waals surface area contributed by atoms with E-state index in [2.05, 4.69) is 17.1 Å². The smallest absolute Gasteiger partial charge is 0.267 e. The van der Waals surface area contributed by atoms with Gasteiger partial charge in [-0.1, -0.05) is 25.8 Å². The molecule has 3 rings (SSSR count). The zero-order valence-corrected chi connectivity index (χ0v) is 13.3. The largest absolute Gasteiger partial charge is 0.272 e. The molecule has 1 aromatic heterocycles. The maximum atomic E-state index is 14.3. The topological polar surface area (TPSA) is 45.8 Å². The van der Waals surface area contributed by atoms with Crippen molar-refractivity contribution < 1.29 is 8.78 Å².